The average Bonchev–Trinajstić information content (AvgIpc) is 3.66. The summed E-state index contributed by atoms with van der Waals surface area (Å²) in [5.41, 5.74) is 2.53. The second kappa shape index (κ2) is 11.9. The summed E-state index contributed by atoms with van der Waals surface area (Å²) in [6.07, 6.45) is 3.73. The Morgan fingerprint density at radius 2 is 1.95 bits per heavy atom. The Bertz CT molecular complexity index is 1770. The van der Waals surface area contributed by atoms with Crippen molar-refractivity contribution in [3.05, 3.63) is 81.9 Å². The van der Waals surface area contributed by atoms with Crippen molar-refractivity contribution < 1.29 is 28.9 Å². The van der Waals surface area contributed by atoms with Gasteiger partial charge in [-0.2, -0.15) is 0 Å². The molecule has 222 valence electrons. The first-order valence-electron chi connectivity index (χ1n) is 14.3. The molecule has 1 aromatic heterocycles. The molecule has 6 rings (SSSR count). The fourth-order valence-electron chi connectivity index (χ4n) is 5.57. The van der Waals surface area contributed by atoms with E-state index in [9.17, 15) is 14.7 Å². The molecule has 1 fully saturated rings. The van der Waals surface area contributed by atoms with E-state index in [0.29, 0.717) is 51.3 Å². The first-order valence-corrected chi connectivity index (χ1v) is 15.5. The first kappa shape index (κ1) is 29.0. The number of aromatic nitrogens is 1. The molecule has 3 heterocycles. The molecule has 2 aliphatic rings. The van der Waals surface area contributed by atoms with Crippen LogP contribution < -0.4 is 19.1 Å². The molecule has 0 radical (unpaired) electrons. The number of ketones is 1. The number of benzene rings is 3. The number of amides is 1. The highest BCUT2D eigenvalue weighted by Crippen LogP contribution is 2.46. The number of hydrogen-bond acceptors (Lipinski definition) is 8. The third-order valence-electron chi connectivity index (χ3n) is 7.67. The molecule has 10 heteroatoms. The largest absolute Gasteiger partial charge is 0.507 e. The van der Waals surface area contributed by atoms with Crippen molar-refractivity contribution >= 4 is 55.7 Å². The highest BCUT2D eigenvalue weighted by Gasteiger charge is 2.48. The number of nitrogens with zero attached hydrogens (tertiary/aromatic N) is 2. The zero-order valence-electron chi connectivity index (χ0n) is 24.1. The van der Waals surface area contributed by atoms with Gasteiger partial charge in [-0.05, 0) is 73.0 Å². The topological polar surface area (TPSA) is 98.2 Å². The number of fused-ring (bicyclic) bond motifs is 2. The van der Waals surface area contributed by atoms with Crippen molar-refractivity contribution in [3.8, 4) is 17.2 Å². The van der Waals surface area contributed by atoms with Crippen LogP contribution in [-0.2, 0) is 16.0 Å². The van der Waals surface area contributed by atoms with Crippen LogP contribution in [0.2, 0.25) is 5.02 Å². The third kappa shape index (κ3) is 5.43. The normalized spacial score (nSPS) is 19.1. The minimum Gasteiger partial charge on any atom is -0.507 e. The van der Waals surface area contributed by atoms with Crippen LogP contribution in [0.3, 0.4) is 0 Å². The Morgan fingerprint density at radius 3 is 2.74 bits per heavy atom. The number of anilines is 1. The second-order valence-electron chi connectivity index (χ2n) is 10.7. The molecular weight excluding hydrogens is 588 g/mol. The number of ether oxygens (including phenoxy) is 3. The van der Waals surface area contributed by atoms with E-state index in [4.69, 9.17) is 25.8 Å². The number of methoxy groups -OCH3 is 1. The SMILES string of the molecule is CCCCCOc1ccc([C@@H]2/C(=C(\O)c3ccc4c(c3)C[C@@H](C)O4)C(=O)C(=O)N2c2nc3ccc(Cl)cc3s2)cc1OC. The van der Waals surface area contributed by atoms with Crippen LogP contribution in [0.25, 0.3) is 16.0 Å². The van der Waals surface area contributed by atoms with Gasteiger partial charge in [-0.3, -0.25) is 14.5 Å². The van der Waals surface area contributed by atoms with Crippen LogP contribution in [0.15, 0.2) is 60.2 Å². The van der Waals surface area contributed by atoms with Crippen LogP contribution in [0.5, 0.6) is 17.2 Å². The lowest BCUT2D eigenvalue weighted by molar-refractivity contribution is -0.132. The standard InChI is InChI=1S/C33H31ClN2O6S/c1-4-5-6-13-41-25-12-7-19(16-26(25)40-3)29-28(30(37)20-8-11-24-21(15-20)14-18(2)42-24)31(38)32(39)36(29)33-35-23-10-9-22(34)17-27(23)43-33/h7-12,15-18,29,37H,4-6,13-14H2,1-3H3/b30-28+/t18-,29-/m1/s1. The minimum atomic E-state index is -0.970. The molecule has 2 atom stereocenters. The molecule has 3 aromatic carbocycles. The summed E-state index contributed by atoms with van der Waals surface area (Å²) in [6.45, 7) is 4.64. The molecule has 1 amide bonds. The van der Waals surface area contributed by atoms with Crippen molar-refractivity contribution in [1.82, 2.24) is 4.98 Å². The average molecular weight is 619 g/mol. The number of Topliss-reactive ketones (excluding diaryl/α,β-unsaturated/α-hetero) is 1. The molecule has 2 aliphatic heterocycles. The summed E-state index contributed by atoms with van der Waals surface area (Å²) >= 11 is 7.47. The van der Waals surface area contributed by atoms with E-state index in [2.05, 4.69) is 11.9 Å². The molecule has 8 nitrogen and oxygen atoms in total. The number of rotatable bonds is 9. The zero-order chi connectivity index (χ0) is 30.2. The molecule has 0 aliphatic carbocycles. The summed E-state index contributed by atoms with van der Waals surface area (Å²) in [7, 11) is 1.54. The molecule has 1 N–H and O–H groups in total. The van der Waals surface area contributed by atoms with Gasteiger partial charge in [0.05, 0.1) is 35.5 Å². The van der Waals surface area contributed by atoms with Crippen molar-refractivity contribution in [2.45, 2.75) is 51.7 Å². The summed E-state index contributed by atoms with van der Waals surface area (Å²) in [5.74, 6) is -0.0943. The second-order valence-corrected chi connectivity index (χ2v) is 12.1. The fourth-order valence-corrected chi connectivity index (χ4v) is 6.84. The van der Waals surface area contributed by atoms with Gasteiger partial charge in [-0.25, -0.2) is 4.98 Å². The first-order chi connectivity index (χ1) is 20.8. The summed E-state index contributed by atoms with van der Waals surface area (Å²) in [5, 5.41) is 12.5. The van der Waals surface area contributed by atoms with Gasteiger partial charge in [0.25, 0.3) is 5.78 Å². The van der Waals surface area contributed by atoms with Gasteiger partial charge >= 0.3 is 5.91 Å². The molecule has 0 saturated carbocycles. The molecule has 43 heavy (non-hydrogen) atoms. The van der Waals surface area contributed by atoms with Gasteiger partial charge < -0.3 is 19.3 Å². The molecular formula is C33H31ClN2O6S. The molecule has 4 aromatic rings. The number of carbonyl (C=O) groups excluding carboxylic acids is 2. The Balaban J connectivity index is 1.48. The minimum absolute atomic E-state index is 0.0145. The highest BCUT2D eigenvalue weighted by molar-refractivity contribution is 7.22. The van der Waals surface area contributed by atoms with Crippen molar-refractivity contribution in [2.24, 2.45) is 0 Å². The predicted octanol–water partition coefficient (Wildman–Crippen LogP) is 7.48. The van der Waals surface area contributed by atoms with Crippen LogP contribution in [0, 0.1) is 0 Å². The van der Waals surface area contributed by atoms with Gasteiger partial charge in [0, 0.05) is 17.0 Å². The number of halogens is 1. The highest BCUT2D eigenvalue weighted by atomic mass is 35.5. The van der Waals surface area contributed by atoms with E-state index in [0.717, 1.165) is 35.3 Å². The van der Waals surface area contributed by atoms with Gasteiger partial charge in [0.2, 0.25) is 0 Å². The molecule has 0 spiro atoms. The van der Waals surface area contributed by atoms with E-state index in [1.165, 1.54) is 16.2 Å². The lowest BCUT2D eigenvalue weighted by Crippen LogP contribution is -2.29. The summed E-state index contributed by atoms with van der Waals surface area (Å²) < 4.78 is 18.2. The van der Waals surface area contributed by atoms with E-state index in [1.807, 2.05) is 13.0 Å². The Kier molecular flexibility index (Phi) is 8.03. The number of carbonyl (C=O) groups is 2. The van der Waals surface area contributed by atoms with Gasteiger partial charge in [0.1, 0.15) is 17.6 Å². The van der Waals surface area contributed by atoms with Gasteiger partial charge in [0.15, 0.2) is 16.6 Å². The molecule has 0 bridgehead atoms. The number of hydrogen-bond donors (Lipinski definition) is 1. The van der Waals surface area contributed by atoms with E-state index < -0.39 is 17.7 Å². The zero-order valence-corrected chi connectivity index (χ0v) is 25.6. The number of aliphatic hydroxyl groups is 1. The number of aliphatic hydroxyl groups excluding tert-OH is 1. The smallest absolute Gasteiger partial charge is 0.301 e. The van der Waals surface area contributed by atoms with Gasteiger partial charge in [-0.1, -0.05) is 48.8 Å². The van der Waals surface area contributed by atoms with Gasteiger partial charge in [-0.15, -0.1) is 0 Å². The Morgan fingerprint density at radius 1 is 1.12 bits per heavy atom. The third-order valence-corrected chi connectivity index (χ3v) is 8.92. The van der Waals surface area contributed by atoms with Crippen molar-refractivity contribution in [2.75, 3.05) is 18.6 Å². The predicted molar refractivity (Wildman–Crippen MR) is 168 cm³/mol. The van der Waals surface area contributed by atoms with Crippen LogP contribution in [0.1, 0.15) is 55.8 Å². The van der Waals surface area contributed by atoms with Crippen molar-refractivity contribution in [1.29, 1.82) is 0 Å². The molecule has 1 saturated heterocycles. The fraction of sp³-hybridized carbons (Fsp3) is 0.303. The number of thiazole rings is 1. The molecule has 0 unspecified atom stereocenters. The Labute approximate surface area is 258 Å². The lowest BCUT2D eigenvalue weighted by Gasteiger charge is -2.24. The summed E-state index contributed by atoms with van der Waals surface area (Å²) in [6, 6.07) is 14.9. The van der Waals surface area contributed by atoms with Crippen molar-refractivity contribution in [3.63, 3.8) is 0 Å². The van der Waals surface area contributed by atoms with Crippen LogP contribution in [-0.4, -0.2) is 41.6 Å². The summed E-state index contributed by atoms with van der Waals surface area (Å²) in [4.78, 5) is 33.5. The quantitative estimate of drug-likeness (QED) is 0.0899. The monoisotopic (exact) mass is 618 g/mol. The maximum atomic E-state index is 13.7. The maximum absolute atomic E-state index is 13.7. The van der Waals surface area contributed by atoms with E-state index in [1.54, 1.807) is 55.6 Å². The van der Waals surface area contributed by atoms with Crippen LogP contribution >= 0.6 is 22.9 Å². The number of unbranched alkanes of at least 4 members (excludes halogenated alkanes) is 2. The maximum Gasteiger partial charge on any atom is 0.301 e. The van der Waals surface area contributed by atoms with E-state index in [-0.39, 0.29) is 17.4 Å². The lowest BCUT2D eigenvalue weighted by atomic mass is 9.94. The van der Waals surface area contributed by atoms with E-state index >= 15 is 0 Å². The van der Waals surface area contributed by atoms with Crippen LogP contribution in [0.4, 0.5) is 5.13 Å². The Hall–Kier alpha value is -4.08.